The van der Waals surface area contributed by atoms with E-state index in [0.29, 0.717) is 12.4 Å². The molecule has 0 aliphatic carbocycles. The van der Waals surface area contributed by atoms with Crippen molar-refractivity contribution in [3.63, 3.8) is 0 Å². The summed E-state index contributed by atoms with van der Waals surface area (Å²) in [7, 11) is 0. The van der Waals surface area contributed by atoms with Gasteiger partial charge in [0.1, 0.15) is 18.1 Å². The summed E-state index contributed by atoms with van der Waals surface area (Å²) >= 11 is 0. The minimum absolute atomic E-state index is 0.211. The summed E-state index contributed by atoms with van der Waals surface area (Å²) in [5, 5.41) is 11.5. The number of aromatic nitrogens is 1. The number of ether oxygens (including phenoxy) is 1. The van der Waals surface area contributed by atoms with Gasteiger partial charge in [0.2, 0.25) is 0 Å². The number of para-hydroxylation sites is 1. The van der Waals surface area contributed by atoms with E-state index < -0.39 is 0 Å². The fourth-order valence-electron chi connectivity index (χ4n) is 3.02. The number of phenolic OH excluding ortho intramolecular Hbond substituents is 1. The molecule has 0 aliphatic rings. The number of rotatable bonds is 4. The Morgan fingerprint density at radius 3 is 2.50 bits per heavy atom. The van der Waals surface area contributed by atoms with Gasteiger partial charge in [-0.1, -0.05) is 54.6 Å². The van der Waals surface area contributed by atoms with E-state index in [2.05, 4.69) is 4.98 Å². The van der Waals surface area contributed by atoms with Gasteiger partial charge < -0.3 is 9.84 Å². The Kier molecular flexibility index (Phi) is 4.28. The average molecular weight is 341 g/mol. The fourth-order valence-corrected chi connectivity index (χ4v) is 3.02. The monoisotopic (exact) mass is 341 g/mol. The Labute approximate surface area is 152 Å². The molecule has 26 heavy (non-hydrogen) atoms. The van der Waals surface area contributed by atoms with Crippen LogP contribution in [0.5, 0.6) is 11.5 Å². The maximum Gasteiger partial charge on any atom is 0.130 e. The summed E-state index contributed by atoms with van der Waals surface area (Å²) in [6, 6.07) is 25.5. The SMILES string of the molecule is Cc1cc(-c2ccccc2)c(O)cc1OCc1ccc2ccccc2n1. The third-order valence-electron chi connectivity index (χ3n) is 4.41. The van der Waals surface area contributed by atoms with Crippen LogP contribution >= 0.6 is 0 Å². The molecule has 1 N–H and O–H groups in total. The highest BCUT2D eigenvalue weighted by Crippen LogP contribution is 2.35. The summed E-state index contributed by atoms with van der Waals surface area (Å²) in [5.41, 5.74) is 4.57. The molecule has 0 amide bonds. The van der Waals surface area contributed by atoms with Crippen molar-refractivity contribution in [2.75, 3.05) is 0 Å². The van der Waals surface area contributed by atoms with E-state index in [-0.39, 0.29) is 5.75 Å². The second-order valence-corrected chi connectivity index (χ2v) is 6.28. The van der Waals surface area contributed by atoms with Crippen LogP contribution in [-0.2, 0) is 6.61 Å². The molecule has 1 aromatic heterocycles. The molecule has 0 bridgehead atoms. The first-order valence-corrected chi connectivity index (χ1v) is 8.57. The van der Waals surface area contributed by atoms with Crippen LogP contribution in [0.1, 0.15) is 11.3 Å². The maximum atomic E-state index is 10.4. The number of nitrogens with zero attached hydrogens (tertiary/aromatic N) is 1. The summed E-state index contributed by atoms with van der Waals surface area (Å²) < 4.78 is 5.92. The number of aryl methyl sites for hydroxylation is 1. The lowest BCUT2D eigenvalue weighted by atomic mass is 10.0. The summed E-state index contributed by atoms with van der Waals surface area (Å²) in [6.45, 7) is 2.34. The zero-order valence-corrected chi connectivity index (χ0v) is 14.5. The van der Waals surface area contributed by atoms with Crippen LogP contribution in [0.2, 0.25) is 0 Å². The molecule has 4 rings (SSSR count). The van der Waals surface area contributed by atoms with Crippen LogP contribution in [0.3, 0.4) is 0 Å². The number of fused-ring (bicyclic) bond motifs is 1. The molecule has 3 aromatic carbocycles. The average Bonchev–Trinajstić information content (AvgIpc) is 2.69. The highest BCUT2D eigenvalue weighted by atomic mass is 16.5. The van der Waals surface area contributed by atoms with E-state index in [9.17, 15) is 5.11 Å². The van der Waals surface area contributed by atoms with E-state index in [1.54, 1.807) is 6.07 Å². The van der Waals surface area contributed by atoms with Gasteiger partial charge in [0.25, 0.3) is 0 Å². The molecule has 0 aliphatic heterocycles. The number of hydrogen-bond donors (Lipinski definition) is 1. The predicted octanol–water partition coefficient (Wildman–Crippen LogP) is 5.49. The molecule has 0 unspecified atom stereocenters. The zero-order chi connectivity index (χ0) is 17.9. The van der Waals surface area contributed by atoms with Crippen LogP contribution in [-0.4, -0.2) is 10.1 Å². The fraction of sp³-hybridized carbons (Fsp3) is 0.0870. The lowest BCUT2D eigenvalue weighted by molar-refractivity contribution is 0.298. The van der Waals surface area contributed by atoms with E-state index in [1.807, 2.05) is 79.7 Å². The first-order valence-electron chi connectivity index (χ1n) is 8.57. The van der Waals surface area contributed by atoms with Gasteiger partial charge in [0.15, 0.2) is 0 Å². The molecule has 3 nitrogen and oxygen atoms in total. The lowest BCUT2D eigenvalue weighted by Crippen LogP contribution is -2.00. The van der Waals surface area contributed by atoms with Crippen LogP contribution < -0.4 is 4.74 Å². The topological polar surface area (TPSA) is 42.4 Å². The molecule has 1 heterocycles. The third kappa shape index (κ3) is 3.24. The molecule has 128 valence electrons. The molecular formula is C23H19NO2. The summed E-state index contributed by atoms with van der Waals surface area (Å²) in [4.78, 5) is 4.62. The van der Waals surface area contributed by atoms with Gasteiger partial charge in [-0.15, -0.1) is 0 Å². The van der Waals surface area contributed by atoms with Crippen molar-refractivity contribution in [2.24, 2.45) is 0 Å². The lowest BCUT2D eigenvalue weighted by Gasteiger charge is -2.13. The summed E-state index contributed by atoms with van der Waals surface area (Å²) in [6.07, 6.45) is 0. The van der Waals surface area contributed by atoms with E-state index in [0.717, 1.165) is 33.3 Å². The molecule has 0 fully saturated rings. The molecule has 0 spiro atoms. The normalized spacial score (nSPS) is 10.8. The maximum absolute atomic E-state index is 10.4. The van der Waals surface area contributed by atoms with Crippen molar-refractivity contribution in [3.05, 3.63) is 90.1 Å². The van der Waals surface area contributed by atoms with Gasteiger partial charge in [-0.25, -0.2) is 4.98 Å². The predicted molar refractivity (Wildman–Crippen MR) is 104 cm³/mol. The van der Waals surface area contributed by atoms with E-state index >= 15 is 0 Å². The smallest absolute Gasteiger partial charge is 0.130 e. The molecule has 0 radical (unpaired) electrons. The van der Waals surface area contributed by atoms with E-state index in [4.69, 9.17) is 4.74 Å². The van der Waals surface area contributed by atoms with Crippen LogP contribution in [0.4, 0.5) is 0 Å². The second kappa shape index (κ2) is 6.89. The molecule has 0 atom stereocenters. The van der Waals surface area contributed by atoms with Gasteiger partial charge in [-0.2, -0.15) is 0 Å². The number of benzene rings is 3. The van der Waals surface area contributed by atoms with Gasteiger partial charge >= 0.3 is 0 Å². The Bertz CT molecular complexity index is 1060. The standard InChI is InChI=1S/C23H19NO2/c1-16-13-20(17-7-3-2-4-8-17)22(25)14-23(16)26-15-19-12-11-18-9-5-6-10-21(18)24-19/h2-14,25H,15H2,1H3. The Morgan fingerprint density at radius 2 is 1.65 bits per heavy atom. The highest BCUT2D eigenvalue weighted by molar-refractivity contribution is 5.78. The first-order chi connectivity index (χ1) is 12.7. The van der Waals surface area contributed by atoms with Crippen LogP contribution in [0.15, 0.2) is 78.9 Å². The van der Waals surface area contributed by atoms with Crippen molar-refractivity contribution >= 4 is 10.9 Å². The molecular weight excluding hydrogens is 322 g/mol. The molecule has 3 heteroatoms. The Balaban J connectivity index is 1.57. The van der Waals surface area contributed by atoms with Crippen molar-refractivity contribution in [1.29, 1.82) is 0 Å². The Hall–Kier alpha value is -3.33. The quantitative estimate of drug-likeness (QED) is 0.533. The minimum Gasteiger partial charge on any atom is -0.507 e. The van der Waals surface area contributed by atoms with Crippen molar-refractivity contribution < 1.29 is 9.84 Å². The molecule has 0 saturated carbocycles. The molecule has 0 saturated heterocycles. The third-order valence-corrected chi connectivity index (χ3v) is 4.41. The van der Waals surface area contributed by atoms with Crippen molar-refractivity contribution in [1.82, 2.24) is 4.98 Å². The van der Waals surface area contributed by atoms with Crippen LogP contribution in [0, 0.1) is 6.92 Å². The highest BCUT2D eigenvalue weighted by Gasteiger charge is 2.10. The van der Waals surface area contributed by atoms with Gasteiger partial charge in [-0.3, -0.25) is 0 Å². The van der Waals surface area contributed by atoms with Crippen molar-refractivity contribution in [2.45, 2.75) is 13.5 Å². The van der Waals surface area contributed by atoms with Crippen molar-refractivity contribution in [3.8, 4) is 22.6 Å². The number of hydrogen-bond acceptors (Lipinski definition) is 3. The Morgan fingerprint density at radius 1 is 0.885 bits per heavy atom. The number of pyridine rings is 1. The first kappa shape index (κ1) is 16.2. The largest absolute Gasteiger partial charge is 0.507 e. The van der Waals surface area contributed by atoms with E-state index in [1.165, 1.54) is 0 Å². The van der Waals surface area contributed by atoms with Crippen LogP contribution in [0.25, 0.3) is 22.0 Å². The summed E-state index contributed by atoms with van der Waals surface area (Å²) in [5.74, 6) is 0.875. The van der Waals surface area contributed by atoms with Gasteiger partial charge in [0.05, 0.1) is 11.2 Å². The van der Waals surface area contributed by atoms with Gasteiger partial charge in [-0.05, 0) is 36.2 Å². The number of phenols is 1. The zero-order valence-electron chi connectivity index (χ0n) is 14.5. The molecule has 4 aromatic rings. The van der Waals surface area contributed by atoms with Gasteiger partial charge in [0, 0.05) is 17.0 Å². The second-order valence-electron chi connectivity index (χ2n) is 6.28. The minimum atomic E-state index is 0.211. The number of aromatic hydroxyl groups is 1.